The molecule has 0 aliphatic heterocycles. The minimum absolute atomic E-state index is 0.137. The lowest BCUT2D eigenvalue weighted by Crippen LogP contribution is -2.25. The molecular formula is C14H4F4O2. The molecule has 1 aliphatic rings. The third-order valence-electron chi connectivity index (χ3n) is 3.14. The van der Waals surface area contributed by atoms with Crippen LogP contribution < -0.4 is 0 Å². The van der Waals surface area contributed by atoms with Crippen molar-refractivity contribution in [1.82, 2.24) is 0 Å². The van der Waals surface area contributed by atoms with Gasteiger partial charge in [0.15, 0.2) is 23.3 Å². The minimum Gasteiger partial charge on any atom is -0.285 e. The van der Waals surface area contributed by atoms with Gasteiger partial charge in [0.25, 0.3) is 0 Å². The third-order valence-corrected chi connectivity index (χ3v) is 3.14. The molecule has 0 aromatic heterocycles. The zero-order chi connectivity index (χ0) is 14.6. The topological polar surface area (TPSA) is 34.1 Å². The van der Waals surface area contributed by atoms with E-state index in [9.17, 15) is 27.2 Å². The molecule has 0 atom stereocenters. The number of Topliss-reactive ketones (excluding diaryl/α,β-unsaturated/α-hetero) is 2. The highest BCUT2D eigenvalue weighted by Crippen LogP contribution is 2.38. The summed E-state index contributed by atoms with van der Waals surface area (Å²) in [6.45, 7) is 0. The van der Waals surface area contributed by atoms with Gasteiger partial charge in [0.05, 0.1) is 5.56 Å². The van der Waals surface area contributed by atoms with Crippen LogP contribution in [0.1, 0.15) is 20.7 Å². The largest absolute Gasteiger partial charge is 0.285 e. The monoisotopic (exact) mass is 280 g/mol. The molecule has 0 bridgehead atoms. The van der Waals surface area contributed by atoms with Gasteiger partial charge in [0, 0.05) is 11.1 Å². The second-order valence-corrected chi connectivity index (χ2v) is 4.21. The minimum atomic E-state index is -2.11. The Kier molecular flexibility index (Phi) is 2.50. The van der Waals surface area contributed by atoms with Crippen LogP contribution >= 0.6 is 0 Å². The predicted octanol–water partition coefficient (Wildman–Crippen LogP) is 3.29. The fourth-order valence-corrected chi connectivity index (χ4v) is 2.23. The van der Waals surface area contributed by atoms with Crippen molar-refractivity contribution in [3.63, 3.8) is 0 Å². The number of carbonyl (C=O) groups excluding carboxylic acids is 2. The van der Waals surface area contributed by atoms with Gasteiger partial charge in [-0.2, -0.15) is 0 Å². The van der Waals surface area contributed by atoms with E-state index in [2.05, 4.69) is 0 Å². The first-order chi connectivity index (χ1) is 9.45. The maximum Gasteiger partial charge on any atom is 0.237 e. The van der Waals surface area contributed by atoms with E-state index in [-0.39, 0.29) is 11.1 Å². The fraction of sp³-hybridized carbons (Fsp3) is 0. The lowest BCUT2D eigenvalue weighted by Gasteiger charge is -2.19. The molecule has 2 nitrogen and oxygen atoms in total. The number of ketones is 2. The second kappa shape index (κ2) is 4.00. The second-order valence-electron chi connectivity index (χ2n) is 4.21. The molecule has 2 aromatic carbocycles. The van der Waals surface area contributed by atoms with Gasteiger partial charge >= 0.3 is 0 Å². The molecule has 0 amide bonds. The molecule has 0 radical (unpaired) electrons. The molecular weight excluding hydrogens is 276 g/mol. The molecule has 0 saturated heterocycles. The van der Waals surface area contributed by atoms with E-state index in [1.807, 2.05) is 0 Å². The Bertz CT molecular complexity index is 796. The first-order valence-corrected chi connectivity index (χ1v) is 5.49. The first kappa shape index (κ1) is 12.5. The van der Waals surface area contributed by atoms with Crippen LogP contribution in [-0.4, -0.2) is 11.6 Å². The van der Waals surface area contributed by atoms with E-state index in [1.165, 1.54) is 24.3 Å². The number of rotatable bonds is 0. The van der Waals surface area contributed by atoms with Gasteiger partial charge in [-0.1, -0.05) is 24.3 Å². The van der Waals surface area contributed by atoms with Gasteiger partial charge in [-0.3, -0.25) is 9.59 Å². The lowest BCUT2D eigenvalue weighted by molar-refractivity contribution is 0.0811. The summed E-state index contributed by atoms with van der Waals surface area (Å²) in [5.74, 6) is -10.1. The quantitative estimate of drug-likeness (QED) is 0.321. The summed E-state index contributed by atoms with van der Waals surface area (Å²) in [5, 5.41) is 0. The lowest BCUT2D eigenvalue weighted by atomic mass is 9.83. The van der Waals surface area contributed by atoms with Crippen molar-refractivity contribution in [1.29, 1.82) is 0 Å². The van der Waals surface area contributed by atoms with Crippen molar-refractivity contribution in [3.05, 3.63) is 58.7 Å². The number of fused-ring (bicyclic) bond motifs is 3. The van der Waals surface area contributed by atoms with Gasteiger partial charge in [-0.15, -0.1) is 0 Å². The SMILES string of the molecule is O=C1C(=O)c2c(F)c(F)c(F)c(F)c2-c2ccccc21. The smallest absolute Gasteiger partial charge is 0.237 e. The molecule has 0 fully saturated rings. The maximum atomic E-state index is 13.9. The molecule has 1 aliphatic carbocycles. The van der Waals surface area contributed by atoms with Crippen LogP contribution in [-0.2, 0) is 0 Å². The number of hydrogen-bond donors (Lipinski definition) is 0. The van der Waals surface area contributed by atoms with E-state index in [0.717, 1.165) is 0 Å². The normalized spacial score (nSPS) is 13.2. The van der Waals surface area contributed by atoms with E-state index in [1.54, 1.807) is 0 Å². The highest BCUT2D eigenvalue weighted by molar-refractivity contribution is 6.53. The van der Waals surface area contributed by atoms with Crippen LogP contribution in [0, 0.1) is 23.3 Å². The Hall–Kier alpha value is -2.50. The van der Waals surface area contributed by atoms with Crippen molar-refractivity contribution in [3.8, 4) is 11.1 Å². The van der Waals surface area contributed by atoms with Gasteiger partial charge in [-0.25, -0.2) is 17.6 Å². The standard InChI is InChI=1S/C14H4F4O2/c15-9-7-5-3-1-2-4-6(5)13(19)14(20)8(7)10(16)12(18)11(9)17/h1-4H. The number of hydrogen-bond acceptors (Lipinski definition) is 2. The zero-order valence-electron chi connectivity index (χ0n) is 9.64. The molecule has 0 saturated carbocycles. The summed E-state index contributed by atoms with van der Waals surface area (Å²) in [7, 11) is 0. The van der Waals surface area contributed by atoms with Gasteiger partial charge in [0.1, 0.15) is 0 Å². The molecule has 3 rings (SSSR count). The summed E-state index contributed by atoms with van der Waals surface area (Å²) < 4.78 is 54.1. The van der Waals surface area contributed by atoms with Gasteiger partial charge in [-0.05, 0) is 5.56 Å². The fourth-order valence-electron chi connectivity index (χ4n) is 2.23. The highest BCUT2D eigenvalue weighted by atomic mass is 19.2. The first-order valence-electron chi connectivity index (χ1n) is 5.49. The molecule has 0 N–H and O–H groups in total. The van der Waals surface area contributed by atoms with Crippen molar-refractivity contribution in [2.45, 2.75) is 0 Å². The maximum absolute atomic E-state index is 13.9. The summed E-state index contributed by atoms with van der Waals surface area (Å²) in [5.41, 5.74) is -2.09. The Morgan fingerprint density at radius 3 is 1.70 bits per heavy atom. The molecule has 0 unspecified atom stereocenters. The average molecular weight is 280 g/mol. The van der Waals surface area contributed by atoms with Crippen LogP contribution in [0.4, 0.5) is 17.6 Å². The molecule has 0 heterocycles. The predicted molar refractivity (Wildman–Crippen MR) is 60.4 cm³/mol. The third kappa shape index (κ3) is 1.39. The highest BCUT2D eigenvalue weighted by Gasteiger charge is 2.38. The van der Waals surface area contributed by atoms with Crippen molar-refractivity contribution in [2.75, 3.05) is 0 Å². The molecule has 20 heavy (non-hydrogen) atoms. The van der Waals surface area contributed by atoms with E-state index in [0.29, 0.717) is 0 Å². The molecule has 6 heteroatoms. The Morgan fingerprint density at radius 2 is 1.10 bits per heavy atom. The van der Waals surface area contributed by atoms with E-state index < -0.39 is 46.0 Å². The molecule has 100 valence electrons. The summed E-state index contributed by atoms with van der Waals surface area (Å²) in [6.07, 6.45) is 0. The summed E-state index contributed by atoms with van der Waals surface area (Å²) in [6, 6.07) is 5.29. The van der Waals surface area contributed by atoms with Crippen LogP contribution in [0.2, 0.25) is 0 Å². The van der Waals surface area contributed by atoms with E-state index >= 15 is 0 Å². The Balaban J connectivity index is 2.54. The zero-order valence-corrected chi connectivity index (χ0v) is 9.64. The average Bonchev–Trinajstić information content (AvgIpc) is 2.46. The van der Waals surface area contributed by atoms with Crippen molar-refractivity contribution >= 4 is 11.6 Å². The summed E-state index contributed by atoms with van der Waals surface area (Å²) >= 11 is 0. The van der Waals surface area contributed by atoms with Crippen LogP contribution in [0.3, 0.4) is 0 Å². The van der Waals surface area contributed by atoms with Crippen LogP contribution in [0.15, 0.2) is 24.3 Å². The van der Waals surface area contributed by atoms with Gasteiger partial charge in [0.2, 0.25) is 11.6 Å². The Morgan fingerprint density at radius 1 is 0.600 bits per heavy atom. The Labute approximate surface area is 109 Å². The number of carbonyl (C=O) groups is 2. The molecule has 2 aromatic rings. The van der Waals surface area contributed by atoms with Crippen LogP contribution in [0.25, 0.3) is 11.1 Å². The van der Waals surface area contributed by atoms with Gasteiger partial charge < -0.3 is 0 Å². The van der Waals surface area contributed by atoms with Crippen molar-refractivity contribution in [2.24, 2.45) is 0 Å². The molecule has 0 spiro atoms. The van der Waals surface area contributed by atoms with Crippen LogP contribution in [0.5, 0.6) is 0 Å². The van der Waals surface area contributed by atoms with Crippen molar-refractivity contribution < 1.29 is 27.2 Å². The number of halogens is 4. The van der Waals surface area contributed by atoms with E-state index in [4.69, 9.17) is 0 Å². The summed E-state index contributed by atoms with van der Waals surface area (Å²) in [4.78, 5) is 23.6. The number of benzene rings is 2.